The molecule has 2 heterocycles. The number of aromatic nitrogens is 3. The van der Waals surface area contributed by atoms with Crippen molar-refractivity contribution in [3.63, 3.8) is 0 Å². The van der Waals surface area contributed by atoms with E-state index in [1.54, 1.807) is 7.11 Å². The van der Waals surface area contributed by atoms with E-state index in [0.717, 1.165) is 33.3 Å². The molecule has 0 saturated heterocycles. The third-order valence-corrected chi connectivity index (χ3v) is 6.84. The molecule has 0 fully saturated rings. The minimum Gasteiger partial charge on any atom is -0.383 e. The average Bonchev–Trinajstić information content (AvgIpc) is 3.37. The van der Waals surface area contributed by atoms with Crippen molar-refractivity contribution in [2.45, 2.75) is 38.4 Å². The van der Waals surface area contributed by atoms with Crippen LogP contribution < -0.4 is 5.73 Å². The Kier molecular flexibility index (Phi) is 8.96. The number of nitrogens with two attached hydrogens (primary N) is 1. The van der Waals surface area contributed by atoms with E-state index in [0.29, 0.717) is 38.6 Å². The molecule has 5 aromatic rings. The highest BCUT2D eigenvalue weighted by Crippen LogP contribution is 2.32. The Bertz CT molecular complexity index is 1440. The molecule has 2 atom stereocenters. The lowest BCUT2D eigenvalue weighted by atomic mass is 10.1. The first-order valence-corrected chi connectivity index (χ1v) is 13.2. The van der Waals surface area contributed by atoms with Crippen LogP contribution in [0.1, 0.15) is 17.5 Å². The van der Waals surface area contributed by atoms with Gasteiger partial charge in [-0.15, -0.1) is 0 Å². The second-order valence-electron chi connectivity index (χ2n) is 9.46. The zero-order valence-corrected chi connectivity index (χ0v) is 22.1. The molecule has 200 valence electrons. The molecule has 5 rings (SSSR count). The van der Waals surface area contributed by atoms with Gasteiger partial charge in [0.2, 0.25) is 0 Å². The summed E-state index contributed by atoms with van der Waals surface area (Å²) in [6.45, 7) is 2.09. The van der Waals surface area contributed by atoms with Crippen molar-refractivity contribution in [3.8, 4) is 11.1 Å². The maximum Gasteiger partial charge on any atom is 0.146 e. The first-order chi connectivity index (χ1) is 19.2. The predicted molar refractivity (Wildman–Crippen MR) is 154 cm³/mol. The summed E-state index contributed by atoms with van der Waals surface area (Å²) in [5.41, 5.74) is 11.4. The van der Waals surface area contributed by atoms with Gasteiger partial charge in [0.15, 0.2) is 0 Å². The number of anilines is 1. The zero-order chi connectivity index (χ0) is 26.9. The molecular formula is C32H34N4O3. The number of hydrogen-bond acceptors (Lipinski definition) is 6. The van der Waals surface area contributed by atoms with E-state index in [1.807, 2.05) is 54.6 Å². The van der Waals surface area contributed by atoms with E-state index in [2.05, 4.69) is 57.1 Å². The van der Waals surface area contributed by atoms with Crippen LogP contribution in [0.15, 0.2) is 104 Å². The minimum atomic E-state index is -0.243. The number of rotatable bonds is 13. The Morgan fingerprint density at radius 3 is 2.10 bits per heavy atom. The number of fused-ring (bicyclic) bond motifs is 1. The molecule has 0 amide bonds. The maximum absolute atomic E-state index is 6.46. The van der Waals surface area contributed by atoms with Gasteiger partial charge in [0.1, 0.15) is 23.9 Å². The summed E-state index contributed by atoms with van der Waals surface area (Å²) in [6, 6.07) is 30.5. The molecule has 7 nitrogen and oxygen atoms in total. The normalized spacial score (nSPS) is 12.9. The second-order valence-corrected chi connectivity index (χ2v) is 9.46. The third-order valence-electron chi connectivity index (χ3n) is 6.84. The third kappa shape index (κ3) is 6.70. The molecule has 0 spiro atoms. The number of ether oxygens (including phenoxy) is 3. The molecule has 0 aliphatic heterocycles. The molecule has 2 unspecified atom stereocenters. The van der Waals surface area contributed by atoms with Crippen molar-refractivity contribution in [3.05, 3.63) is 115 Å². The molecule has 0 aliphatic rings. The quantitative estimate of drug-likeness (QED) is 0.208. The van der Waals surface area contributed by atoms with Crippen molar-refractivity contribution < 1.29 is 14.2 Å². The molecule has 7 heteroatoms. The predicted octanol–water partition coefficient (Wildman–Crippen LogP) is 5.89. The lowest BCUT2D eigenvalue weighted by molar-refractivity contribution is -0.101. The number of aryl methyl sites for hydroxylation is 1. The van der Waals surface area contributed by atoms with E-state index in [1.165, 1.54) is 6.33 Å². The van der Waals surface area contributed by atoms with Crippen molar-refractivity contribution in [1.82, 2.24) is 14.5 Å². The molecular weight excluding hydrogens is 488 g/mol. The van der Waals surface area contributed by atoms with Crippen LogP contribution in [0.3, 0.4) is 0 Å². The van der Waals surface area contributed by atoms with E-state index in [-0.39, 0.29) is 12.2 Å². The number of benzene rings is 3. The van der Waals surface area contributed by atoms with Gasteiger partial charge in [-0.3, -0.25) is 0 Å². The first-order valence-electron chi connectivity index (χ1n) is 13.2. The highest BCUT2D eigenvalue weighted by atomic mass is 16.6. The molecule has 0 saturated carbocycles. The monoisotopic (exact) mass is 522 g/mol. The Balaban J connectivity index is 1.35. The van der Waals surface area contributed by atoms with Crippen molar-refractivity contribution >= 4 is 16.9 Å². The van der Waals surface area contributed by atoms with Crippen molar-refractivity contribution in [2.75, 3.05) is 19.5 Å². The van der Waals surface area contributed by atoms with Gasteiger partial charge < -0.3 is 24.5 Å². The molecule has 0 bridgehead atoms. The molecule has 0 radical (unpaired) electrons. The first kappa shape index (κ1) is 26.6. The van der Waals surface area contributed by atoms with Crippen LogP contribution in [0.5, 0.6) is 0 Å². The van der Waals surface area contributed by atoms with Gasteiger partial charge in [0.25, 0.3) is 0 Å². The number of hydrogen-bond donors (Lipinski definition) is 1. The molecule has 39 heavy (non-hydrogen) atoms. The number of nitrogen functional groups attached to an aromatic ring is 1. The standard InChI is InChI=1S/C32H34N4O3/c1-37-29(22-38-20-24-11-5-2-6-12-24)28(39-21-25-13-7-3-8-14-25)17-18-36-19-27(26-15-9-4-10-16-26)30-31(33)34-23-35-32(30)36/h2-16,19,23,28-29H,17-18,20-22H2,1H3,(H2,33,34,35). The van der Waals surface area contributed by atoms with Crippen LogP contribution in [0.25, 0.3) is 22.2 Å². The lowest BCUT2D eigenvalue weighted by Crippen LogP contribution is -2.35. The van der Waals surface area contributed by atoms with E-state index in [9.17, 15) is 0 Å². The summed E-state index contributed by atoms with van der Waals surface area (Å²) in [4.78, 5) is 8.84. The van der Waals surface area contributed by atoms with Crippen molar-refractivity contribution in [1.29, 1.82) is 0 Å². The highest BCUT2D eigenvalue weighted by molar-refractivity contribution is 6.00. The molecule has 2 N–H and O–H groups in total. The van der Waals surface area contributed by atoms with Crippen LogP contribution in [-0.2, 0) is 34.0 Å². The topological polar surface area (TPSA) is 84.4 Å². The molecule has 2 aromatic heterocycles. The summed E-state index contributed by atoms with van der Waals surface area (Å²) in [6.07, 6.45) is 3.87. The second kappa shape index (κ2) is 13.2. The number of nitrogens with zero attached hydrogens (tertiary/aromatic N) is 3. The SMILES string of the molecule is COC(COCc1ccccc1)C(CCn1cc(-c2ccccc2)c2c(N)ncnc21)OCc1ccccc1. The molecule has 0 aliphatic carbocycles. The van der Waals surface area contributed by atoms with Crippen molar-refractivity contribution in [2.24, 2.45) is 0 Å². The summed E-state index contributed by atoms with van der Waals surface area (Å²) < 4.78 is 20.5. The smallest absolute Gasteiger partial charge is 0.146 e. The van der Waals surface area contributed by atoms with Crippen LogP contribution in [0.4, 0.5) is 5.82 Å². The van der Waals surface area contributed by atoms with Gasteiger partial charge in [-0.25, -0.2) is 9.97 Å². The van der Waals surface area contributed by atoms with Gasteiger partial charge in [-0.1, -0.05) is 91.0 Å². The maximum atomic E-state index is 6.46. The van der Waals surface area contributed by atoms with E-state index >= 15 is 0 Å². The lowest BCUT2D eigenvalue weighted by Gasteiger charge is -2.27. The van der Waals surface area contributed by atoms with E-state index < -0.39 is 0 Å². The zero-order valence-electron chi connectivity index (χ0n) is 22.1. The van der Waals surface area contributed by atoms with Crippen LogP contribution in [-0.4, -0.2) is 40.5 Å². The average molecular weight is 523 g/mol. The van der Waals surface area contributed by atoms with Crippen LogP contribution in [0.2, 0.25) is 0 Å². The fourth-order valence-electron chi connectivity index (χ4n) is 4.77. The highest BCUT2D eigenvalue weighted by Gasteiger charge is 2.24. The Morgan fingerprint density at radius 2 is 1.44 bits per heavy atom. The largest absolute Gasteiger partial charge is 0.383 e. The summed E-state index contributed by atoms with van der Waals surface area (Å²) in [7, 11) is 1.71. The molecule has 3 aromatic carbocycles. The Hall–Kier alpha value is -4.04. The Labute approximate surface area is 229 Å². The fourth-order valence-corrected chi connectivity index (χ4v) is 4.77. The summed E-state index contributed by atoms with van der Waals surface area (Å²) >= 11 is 0. The Morgan fingerprint density at radius 1 is 0.795 bits per heavy atom. The van der Waals surface area contributed by atoms with Gasteiger partial charge >= 0.3 is 0 Å². The van der Waals surface area contributed by atoms with E-state index in [4.69, 9.17) is 19.9 Å². The van der Waals surface area contributed by atoms with Gasteiger partial charge in [0.05, 0.1) is 31.3 Å². The summed E-state index contributed by atoms with van der Waals surface area (Å²) in [5.74, 6) is 0.471. The van der Waals surface area contributed by atoms with Gasteiger partial charge in [0, 0.05) is 25.4 Å². The minimum absolute atomic E-state index is 0.206. The van der Waals surface area contributed by atoms with Crippen LogP contribution in [0, 0.1) is 0 Å². The number of methoxy groups -OCH3 is 1. The van der Waals surface area contributed by atoms with Gasteiger partial charge in [-0.05, 0) is 23.1 Å². The summed E-state index contributed by atoms with van der Waals surface area (Å²) in [5, 5.41) is 0.861. The van der Waals surface area contributed by atoms with Crippen LogP contribution >= 0.6 is 0 Å². The fraction of sp³-hybridized carbons (Fsp3) is 0.250. The van der Waals surface area contributed by atoms with Gasteiger partial charge in [-0.2, -0.15) is 0 Å².